The molecule has 2 aromatic rings. The van der Waals surface area contributed by atoms with Crippen LogP contribution in [0.1, 0.15) is 5.69 Å². The van der Waals surface area contributed by atoms with Gasteiger partial charge in [0.05, 0.1) is 18.5 Å². The van der Waals surface area contributed by atoms with Crippen LogP contribution < -0.4 is 5.32 Å². The summed E-state index contributed by atoms with van der Waals surface area (Å²) < 4.78 is 17.7. The van der Waals surface area contributed by atoms with Gasteiger partial charge in [0.25, 0.3) is 0 Å². The van der Waals surface area contributed by atoms with Crippen LogP contribution in [0, 0.1) is 5.82 Å². The van der Waals surface area contributed by atoms with Crippen molar-refractivity contribution in [2.24, 2.45) is 0 Å². The minimum atomic E-state index is -0.410. The first kappa shape index (κ1) is 12.7. The van der Waals surface area contributed by atoms with E-state index in [4.69, 9.17) is 16.3 Å². The van der Waals surface area contributed by atoms with Crippen LogP contribution in [0.25, 0.3) is 0 Å². The van der Waals surface area contributed by atoms with E-state index in [0.29, 0.717) is 23.3 Å². The Kier molecular flexibility index (Phi) is 4.01. The van der Waals surface area contributed by atoms with Crippen molar-refractivity contribution in [1.29, 1.82) is 0 Å². The molecule has 0 bridgehead atoms. The first-order chi connectivity index (χ1) is 8.67. The first-order valence-electron chi connectivity index (χ1n) is 5.08. The Morgan fingerprint density at radius 1 is 1.39 bits per heavy atom. The van der Waals surface area contributed by atoms with E-state index in [2.05, 4.69) is 20.3 Å². The lowest BCUT2D eigenvalue weighted by Crippen LogP contribution is -2.02. The van der Waals surface area contributed by atoms with Gasteiger partial charge < -0.3 is 10.1 Å². The maximum Gasteiger partial charge on any atom is 0.230 e. The normalized spacial score (nSPS) is 10.4. The molecule has 18 heavy (non-hydrogen) atoms. The fourth-order valence-electron chi connectivity index (χ4n) is 1.31. The molecule has 0 aliphatic carbocycles. The summed E-state index contributed by atoms with van der Waals surface area (Å²) in [4.78, 5) is 12.0. The Balaban J connectivity index is 2.20. The summed E-state index contributed by atoms with van der Waals surface area (Å²) in [6.45, 7) is 0.327. The van der Waals surface area contributed by atoms with Crippen LogP contribution in [0.15, 0.2) is 24.4 Å². The largest absolute Gasteiger partial charge is 0.378 e. The molecule has 0 spiro atoms. The Morgan fingerprint density at radius 2 is 2.22 bits per heavy atom. The molecule has 0 saturated heterocycles. The van der Waals surface area contributed by atoms with Crippen molar-refractivity contribution < 1.29 is 9.13 Å². The number of nitrogens with zero attached hydrogens (tertiary/aromatic N) is 3. The summed E-state index contributed by atoms with van der Waals surface area (Å²) in [5, 5.41) is 3.12. The zero-order valence-electron chi connectivity index (χ0n) is 9.52. The molecule has 0 atom stereocenters. The van der Waals surface area contributed by atoms with Crippen molar-refractivity contribution >= 4 is 23.4 Å². The number of halogens is 2. The van der Waals surface area contributed by atoms with Gasteiger partial charge in [0.2, 0.25) is 5.95 Å². The summed E-state index contributed by atoms with van der Waals surface area (Å²) in [5.74, 6) is 0.309. The lowest BCUT2D eigenvalue weighted by molar-refractivity contribution is 0.181. The van der Waals surface area contributed by atoms with Gasteiger partial charge in [-0.2, -0.15) is 0 Å². The summed E-state index contributed by atoms with van der Waals surface area (Å²) >= 11 is 5.85. The quantitative estimate of drug-likeness (QED) is 0.864. The molecular formula is C11H10ClFN4O. The molecule has 1 N–H and O–H groups in total. The predicted octanol–water partition coefficient (Wildman–Crippen LogP) is 2.55. The van der Waals surface area contributed by atoms with Gasteiger partial charge >= 0.3 is 0 Å². The van der Waals surface area contributed by atoms with Gasteiger partial charge in [-0.1, -0.05) is 11.6 Å². The number of ether oxygens (including phenoxy) is 1. The number of pyridine rings is 1. The Labute approximate surface area is 108 Å². The number of hydrogen-bond donors (Lipinski definition) is 1. The summed E-state index contributed by atoms with van der Waals surface area (Å²) in [5.41, 5.74) is 0.641. The van der Waals surface area contributed by atoms with Gasteiger partial charge in [0.1, 0.15) is 16.8 Å². The van der Waals surface area contributed by atoms with Gasteiger partial charge in [0.15, 0.2) is 0 Å². The van der Waals surface area contributed by atoms with Crippen LogP contribution in [-0.4, -0.2) is 22.1 Å². The van der Waals surface area contributed by atoms with Crippen LogP contribution >= 0.6 is 11.6 Å². The minimum absolute atomic E-state index is 0.286. The van der Waals surface area contributed by atoms with E-state index < -0.39 is 5.82 Å². The molecule has 0 aliphatic rings. The molecule has 0 fully saturated rings. The molecule has 0 aliphatic heterocycles. The van der Waals surface area contributed by atoms with Crippen LogP contribution in [0.3, 0.4) is 0 Å². The second-order valence-corrected chi connectivity index (χ2v) is 3.81. The van der Waals surface area contributed by atoms with Crippen molar-refractivity contribution in [3.63, 3.8) is 0 Å². The molecule has 0 radical (unpaired) electrons. The third-order valence-corrected chi connectivity index (χ3v) is 2.20. The topological polar surface area (TPSA) is 59.9 Å². The number of nitrogens with one attached hydrogen (secondary N) is 1. The van der Waals surface area contributed by atoms with E-state index >= 15 is 0 Å². The van der Waals surface area contributed by atoms with E-state index in [1.54, 1.807) is 13.2 Å². The van der Waals surface area contributed by atoms with Crippen molar-refractivity contribution in [2.45, 2.75) is 6.61 Å². The molecule has 0 amide bonds. The predicted molar refractivity (Wildman–Crippen MR) is 65.2 cm³/mol. The average molecular weight is 269 g/mol. The van der Waals surface area contributed by atoms with Crippen LogP contribution in [0.5, 0.6) is 0 Å². The number of rotatable bonds is 4. The number of hydrogen-bond acceptors (Lipinski definition) is 5. The molecule has 94 valence electrons. The highest BCUT2D eigenvalue weighted by Crippen LogP contribution is 2.15. The fourth-order valence-corrected chi connectivity index (χ4v) is 1.51. The lowest BCUT2D eigenvalue weighted by Gasteiger charge is -2.06. The average Bonchev–Trinajstić information content (AvgIpc) is 2.32. The molecule has 0 aromatic carbocycles. The fraction of sp³-hybridized carbons (Fsp3) is 0.182. The van der Waals surface area contributed by atoms with Gasteiger partial charge in [0, 0.05) is 7.11 Å². The SMILES string of the molecule is COCc1cc(Cl)nc(Nc2ccc(F)cn2)n1. The van der Waals surface area contributed by atoms with Crippen LogP contribution in [0.2, 0.25) is 5.15 Å². The van der Waals surface area contributed by atoms with Gasteiger partial charge in [-0.05, 0) is 18.2 Å². The molecule has 2 rings (SSSR count). The summed E-state index contributed by atoms with van der Waals surface area (Å²) in [6, 6.07) is 4.37. The zero-order valence-corrected chi connectivity index (χ0v) is 10.3. The highest BCUT2D eigenvalue weighted by Gasteiger charge is 2.04. The number of aromatic nitrogens is 3. The van der Waals surface area contributed by atoms with Gasteiger partial charge in [-0.3, -0.25) is 0 Å². The molecule has 0 saturated carbocycles. The molecule has 5 nitrogen and oxygen atoms in total. The highest BCUT2D eigenvalue weighted by molar-refractivity contribution is 6.29. The van der Waals surface area contributed by atoms with Crippen molar-refractivity contribution in [1.82, 2.24) is 15.0 Å². The second-order valence-electron chi connectivity index (χ2n) is 3.43. The molecule has 7 heteroatoms. The Hall–Kier alpha value is -1.79. The zero-order chi connectivity index (χ0) is 13.0. The monoisotopic (exact) mass is 268 g/mol. The molecular weight excluding hydrogens is 259 g/mol. The van der Waals surface area contributed by atoms with Crippen molar-refractivity contribution in [3.05, 3.63) is 41.1 Å². The highest BCUT2D eigenvalue weighted by atomic mass is 35.5. The molecule has 2 aromatic heterocycles. The van der Waals surface area contributed by atoms with Gasteiger partial charge in [-0.25, -0.2) is 19.3 Å². The van der Waals surface area contributed by atoms with E-state index in [1.807, 2.05) is 0 Å². The number of methoxy groups -OCH3 is 1. The first-order valence-corrected chi connectivity index (χ1v) is 5.46. The lowest BCUT2D eigenvalue weighted by atomic mass is 10.4. The second kappa shape index (κ2) is 5.70. The van der Waals surface area contributed by atoms with Crippen LogP contribution in [-0.2, 0) is 11.3 Å². The van der Waals surface area contributed by atoms with E-state index in [1.165, 1.54) is 12.1 Å². The third-order valence-electron chi connectivity index (χ3n) is 2.01. The van der Waals surface area contributed by atoms with E-state index in [-0.39, 0.29) is 5.95 Å². The van der Waals surface area contributed by atoms with Gasteiger partial charge in [-0.15, -0.1) is 0 Å². The Morgan fingerprint density at radius 3 is 2.89 bits per heavy atom. The maximum atomic E-state index is 12.7. The van der Waals surface area contributed by atoms with Crippen molar-refractivity contribution in [2.75, 3.05) is 12.4 Å². The maximum absolute atomic E-state index is 12.7. The third kappa shape index (κ3) is 3.35. The Bertz CT molecular complexity index is 535. The smallest absolute Gasteiger partial charge is 0.230 e. The summed E-state index contributed by atoms with van der Waals surface area (Å²) in [6.07, 6.45) is 1.10. The van der Waals surface area contributed by atoms with Crippen molar-refractivity contribution in [3.8, 4) is 0 Å². The summed E-state index contributed by atoms with van der Waals surface area (Å²) in [7, 11) is 1.56. The van der Waals surface area contributed by atoms with Crippen LogP contribution in [0.4, 0.5) is 16.2 Å². The standard InChI is InChI=1S/C11H10ClFN4O/c1-18-6-8-4-9(12)16-11(15-8)17-10-3-2-7(13)5-14-10/h2-5H,6H2,1H3,(H,14,15,16,17). The van der Waals surface area contributed by atoms with E-state index in [0.717, 1.165) is 6.20 Å². The van der Waals surface area contributed by atoms with E-state index in [9.17, 15) is 4.39 Å². The molecule has 2 heterocycles. The number of anilines is 2. The minimum Gasteiger partial charge on any atom is -0.378 e. The molecule has 0 unspecified atom stereocenters.